The van der Waals surface area contributed by atoms with Crippen LogP contribution in [0.2, 0.25) is 0 Å². The fraction of sp³-hybridized carbons (Fsp3) is 0.136. The minimum absolute atomic E-state index is 0.0415. The van der Waals surface area contributed by atoms with Gasteiger partial charge in [-0.1, -0.05) is 157 Å². The summed E-state index contributed by atoms with van der Waals surface area (Å²) in [6, 6.07) is 45.6. The average Bonchev–Trinajstić information content (AvgIpc) is 3.71. The Morgan fingerprint density at radius 3 is 1.74 bits per heavy atom. The van der Waals surface area contributed by atoms with Crippen molar-refractivity contribution in [2.24, 2.45) is 5.16 Å². The SMILES string of the molecule is Nc1nc(/C(=N/OC(c2ccccc2)(c2ccccc2)c2ccccc2)C(=O)N[C@H]2CN(/C(C(=O)OC(c3ccccc3)c3ccccc3)=C(/CO)CS)C2=O)ns1. The molecule has 7 rings (SSSR count). The number of amides is 2. The van der Waals surface area contributed by atoms with E-state index in [2.05, 4.69) is 32.5 Å². The molecule has 0 bridgehead atoms. The first kappa shape index (κ1) is 39.6. The number of rotatable bonds is 15. The second-order valence-corrected chi connectivity index (χ2v) is 14.2. The Morgan fingerprint density at radius 1 is 0.845 bits per heavy atom. The zero-order chi connectivity index (χ0) is 40.5. The summed E-state index contributed by atoms with van der Waals surface area (Å²) < 4.78 is 10.3. The Balaban J connectivity index is 1.18. The van der Waals surface area contributed by atoms with Gasteiger partial charge in [-0.3, -0.25) is 9.59 Å². The predicted octanol–water partition coefficient (Wildman–Crippen LogP) is 5.67. The average molecular weight is 811 g/mol. The van der Waals surface area contributed by atoms with Crippen molar-refractivity contribution in [3.05, 3.63) is 197 Å². The van der Waals surface area contributed by atoms with Gasteiger partial charge in [0, 0.05) is 34.0 Å². The molecule has 2 amide bonds. The van der Waals surface area contributed by atoms with Crippen LogP contribution in [-0.2, 0) is 29.6 Å². The number of hydrogen-bond acceptors (Lipinski definition) is 12. The summed E-state index contributed by atoms with van der Waals surface area (Å²) in [5.74, 6) is -2.44. The Kier molecular flexibility index (Phi) is 12.4. The molecule has 58 heavy (non-hydrogen) atoms. The number of hydrogen-bond donors (Lipinski definition) is 4. The number of aromatic nitrogens is 2. The smallest absolute Gasteiger partial charge is 0.356 e. The van der Waals surface area contributed by atoms with E-state index in [1.165, 1.54) is 4.90 Å². The molecule has 1 aromatic heterocycles. The van der Waals surface area contributed by atoms with Crippen molar-refractivity contribution in [2.75, 3.05) is 24.6 Å². The largest absolute Gasteiger partial charge is 0.448 e. The number of nitrogens with two attached hydrogens (primary N) is 1. The maximum Gasteiger partial charge on any atom is 0.356 e. The second kappa shape index (κ2) is 18.1. The molecule has 1 saturated heterocycles. The van der Waals surface area contributed by atoms with Crippen LogP contribution in [0.5, 0.6) is 0 Å². The zero-order valence-corrected chi connectivity index (χ0v) is 32.6. The van der Waals surface area contributed by atoms with Crippen LogP contribution in [0.3, 0.4) is 0 Å². The highest BCUT2D eigenvalue weighted by atomic mass is 32.1. The molecule has 0 saturated carbocycles. The number of benzene rings is 5. The lowest BCUT2D eigenvalue weighted by Gasteiger charge is -2.40. The number of ether oxygens (including phenoxy) is 1. The van der Waals surface area contributed by atoms with Gasteiger partial charge >= 0.3 is 5.97 Å². The lowest BCUT2D eigenvalue weighted by Crippen LogP contribution is -2.65. The minimum Gasteiger partial charge on any atom is -0.448 e. The van der Waals surface area contributed by atoms with Crippen molar-refractivity contribution in [1.29, 1.82) is 0 Å². The van der Waals surface area contributed by atoms with Gasteiger partial charge in [0.05, 0.1) is 13.2 Å². The number of oxime groups is 1. The summed E-state index contributed by atoms with van der Waals surface area (Å²) >= 11 is 5.20. The number of carbonyl (C=O) groups excluding carboxylic acids is 3. The highest BCUT2D eigenvalue weighted by molar-refractivity contribution is 7.80. The van der Waals surface area contributed by atoms with E-state index in [1.54, 1.807) is 0 Å². The molecule has 1 atom stereocenters. The molecule has 0 aliphatic carbocycles. The van der Waals surface area contributed by atoms with Gasteiger partial charge in [0.2, 0.25) is 17.1 Å². The Bertz CT molecular complexity index is 2270. The van der Waals surface area contributed by atoms with E-state index in [1.807, 2.05) is 152 Å². The van der Waals surface area contributed by atoms with Crippen molar-refractivity contribution in [3.63, 3.8) is 0 Å². The number of anilines is 1. The van der Waals surface area contributed by atoms with E-state index in [4.69, 9.17) is 15.3 Å². The maximum atomic E-state index is 14.2. The van der Waals surface area contributed by atoms with Crippen molar-refractivity contribution in [2.45, 2.75) is 17.7 Å². The third kappa shape index (κ3) is 8.25. The molecule has 4 N–H and O–H groups in total. The van der Waals surface area contributed by atoms with Crippen LogP contribution < -0.4 is 11.1 Å². The third-order valence-electron chi connectivity index (χ3n) is 9.53. The topological polar surface area (TPSA) is 169 Å². The van der Waals surface area contributed by atoms with Crippen LogP contribution in [0.15, 0.2) is 168 Å². The van der Waals surface area contributed by atoms with E-state index in [0.717, 1.165) is 28.2 Å². The Labute approximate surface area is 344 Å². The number of likely N-dealkylation sites (tertiary alicyclic amines) is 1. The van der Waals surface area contributed by atoms with E-state index < -0.39 is 42.1 Å². The summed E-state index contributed by atoms with van der Waals surface area (Å²) in [6.07, 6.45) is -0.816. The van der Waals surface area contributed by atoms with Crippen LogP contribution in [0.4, 0.5) is 5.13 Å². The van der Waals surface area contributed by atoms with Gasteiger partial charge in [-0.15, -0.1) is 0 Å². The molecule has 14 heteroatoms. The molecule has 1 fully saturated rings. The van der Waals surface area contributed by atoms with Crippen LogP contribution in [0.1, 0.15) is 39.7 Å². The van der Waals surface area contributed by atoms with Crippen LogP contribution in [0, 0.1) is 0 Å². The number of carbonyl (C=O) groups is 3. The molecular formula is C44H38N6O6S2. The fourth-order valence-corrected chi connectivity index (χ4v) is 7.34. The monoisotopic (exact) mass is 810 g/mol. The normalized spacial score (nSPS) is 14.7. The quantitative estimate of drug-likeness (QED) is 0.0194. The molecule has 5 aromatic carbocycles. The molecule has 6 aromatic rings. The molecular weight excluding hydrogens is 773 g/mol. The maximum absolute atomic E-state index is 14.2. The van der Waals surface area contributed by atoms with Gasteiger partial charge in [-0.05, 0) is 16.7 Å². The van der Waals surface area contributed by atoms with Gasteiger partial charge in [0.25, 0.3) is 11.8 Å². The lowest BCUT2D eigenvalue weighted by molar-refractivity contribution is -0.153. The Hall–Kier alpha value is -6.61. The predicted molar refractivity (Wildman–Crippen MR) is 224 cm³/mol. The molecule has 0 unspecified atom stereocenters. The second-order valence-electron chi connectivity index (χ2n) is 13.1. The minimum atomic E-state index is -1.34. The molecule has 1 aliphatic heterocycles. The number of nitrogens with one attached hydrogen (secondary N) is 1. The molecule has 2 heterocycles. The molecule has 0 radical (unpaired) electrons. The van der Waals surface area contributed by atoms with Crippen molar-refractivity contribution < 1.29 is 29.1 Å². The molecule has 292 valence electrons. The van der Waals surface area contributed by atoms with Crippen molar-refractivity contribution in [3.8, 4) is 0 Å². The van der Waals surface area contributed by atoms with E-state index >= 15 is 0 Å². The molecule has 12 nitrogen and oxygen atoms in total. The number of nitrogens with zero attached hydrogens (tertiary/aromatic N) is 4. The lowest BCUT2D eigenvalue weighted by atomic mass is 9.80. The van der Waals surface area contributed by atoms with Crippen LogP contribution in [0.25, 0.3) is 0 Å². The van der Waals surface area contributed by atoms with E-state index in [-0.39, 0.29) is 40.2 Å². The number of aliphatic hydroxyl groups excluding tert-OH is 1. The summed E-state index contributed by atoms with van der Waals surface area (Å²) in [7, 11) is 0. The molecule has 0 spiro atoms. The van der Waals surface area contributed by atoms with Gasteiger partial charge in [0.15, 0.2) is 11.2 Å². The first-order chi connectivity index (χ1) is 28.3. The number of thiol groups is 1. The molecule has 1 aliphatic rings. The number of β-lactam (4-membered cyclic amide) rings is 1. The third-order valence-corrected chi connectivity index (χ3v) is 10.5. The van der Waals surface area contributed by atoms with Gasteiger partial charge in [0.1, 0.15) is 11.7 Å². The number of esters is 1. The first-order valence-electron chi connectivity index (χ1n) is 18.2. The standard InChI is InChI=1S/C44H38N6O6S2/c45-43-47-39(49-58-43)36(48-56-44(32-20-10-3-11-21-32,33-22-12-4-13-23-33)34-24-14-5-15-25-34)40(52)46-35-26-50(41(35)53)37(31(27-51)28-57)42(54)55-38(29-16-6-1-7-17-29)30-18-8-2-9-19-30/h1-25,35,38,51,57H,26-28H2,(H,46,52)(H2,45,47,49)/b37-31-,48-36-/t35-/m0/s1. The van der Waals surface area contributed by atoms with Gasteiger partial charge < -0.3 is 30.6 Å². The van der Waals surface area contributed by atoms with Gasteiger partial charge in [-0.25, -0.2) is 4.79 Å². The fourth-order valence-electron chi connectivity index (χ4n) is 6.66. The van der Waals surface area contributed by atoms with E-state index in [9.17, 15) is 19.5 Å². The van der Waals surface area contributed by atoms with Gasteiger partial charge in [-0.2, -0.15) is 22.0 Å². The summed E-state index contributed by atoms with van der Waals surface area (Å²) in [6.45, 7) is -0.691. The summed E-state index contributed by atoms with van der Waals surface area (Å²) in [4.78, 5) is 54.0. The number of nitrogen functional groups attached to an aromatic ring is 1. The number of aliphatic hydroxyl groups is 1. The van der Waals surface area contributed by atoms with Crippen molar-refractivity contribution in [1.82, 2.24) is 19.6 Å². The summed E-state index contributed by atoms with van der Waals surface area (Å²) in [5.41, 5.74) is 7.88. The van der Waals surface area contributed by atoms with E-state index in [0.29, 0.717) is 11.1 Å². The van der Waals surface area contributed by atoms with Crippen LogP contribution >= 0.6 is 24.2 Å². The first-order valence-corrected chi connectivity index (χ1v) is 19.6. The highest BCUT2D eigenvalue weighted by Gasteiger charge is 2.45. The van der Waals surface area contributed by atoms with Crippen molar-refractivity contribution >= 4 is 52.8 Å². The highest BCUT2D eigenvalue weighted by Crippen LogP contribution is 2.41. The van der Waals surface area contributed by atoms with Crippen LogP contribution in [-0.4, -0.2) is 67.8 Å². The Morgan fingerprint density at radius 2 is 1.33 bits per heavy atom. The zero-order valence-electron chi connectivity index (χ0n) is 30.9. The summed E-state index contributed by atoms with van der Waals surface area (Å²) in [5, 5.41) is 17.5.